The van der Waals surface area contributed by atoms with Gasteiger partial charge in [-0.05, 0) is 87.0 Å². The monoisotopic (exact) mass is 754 g/mol. The summed E-state index contributed by atoms with van der Waals surface area (Å²) in [5.74, 6) is 2.29. The van der Waals surface area contributed by atoms with Crippen LogP contribution in [0.4, 0.5) is 21.2 Å². The fourth-order valence-corrected chi connectivity index (χ4v) is 7.19. The highest BCUT2D eigenvalue weighted by atomic mass is 16.6. The van der Waals surface area contributed by atoms with Gasteiger partial charge >= 0.3 is 12.2 Å². The van der Waals surface area contributed by atoms with Crippen molar-refractivity contribution in [3.63, 3.8) is 0 Å². The Bertz CT molecular complexity index is 2120. The zero-order valence-electron chi connectivity index (χ0n) is 31.4. The van der Waals surface area contributed by atoms with Crippen molar-refractivity contribution in [2.75, 3.05) is 43.2 Å². The third-order valence-corrected chi connectivity index (χ3v) is 9.79. The molecule has 0 spiro atoms. The van der Waals surface area contributed by atoms with Gasteiger partial charge in [-0.1, -0.05) is 12.1 Å². The molecule has 4 heterocycles. The maximum absolute atomic E-state index is 13.3. The highest BCUT2D eigenvalue weighted by Crippen LogP contribution is 2.39. The lowest BCUT2D eigenvalue weighted by Gasteiger charge is -2.34. The van der Waals surface area contributed by atoms with E-state index in [4.69, 9.17) is 28.7 Å². The first-order chi connectivity index (χ1) is 26.5. The van der Waals surface area contributed by atoms with Gasteiger partial charge in [-0.3, -0.25) is 19.4 Å². The number of alkyl carbamates (subject to hydrolysis) is 1. The van der Waals surface area contributed by atoms with E-state index < -0.39 is 17.8 Å². The molecule has 1 aliphatic carbocycles. The average molecular weight is 755 g/mol. The number of carbonyl (C=O) groups excluding carboxylic acids is 3. The number of nitrogens with one attached hydrogen (secondary N) is 2. The van der Waals surface area contributed by atoms with Crippen LogP contribution in [0.25, 0.3) is 10.9 Å². The smallest absolute Gasteiger partial charge is 0.416 e. The number of ether oxygens (including phenoxy) is 5. The minimum Gasteiger partial charge on any atom is -0.497 e. The summed E-state index contributed by atoms with van der Waals surface area (Å²) in [6, 6.07) is 19.7. The van der Waals surface area contributed by atoms with E-state index in [0.29, 0.717) is 49.1 Å². The van der Waals surface area contributed by atoms with Crippen LogP contribution in [-0.2, 0) is 27.4 Å². The summed E-state index contributed by atoms with van der Waals surface area (Å²) in [6.07, 6.45) is 0.716. The molecule has 55 heavy (non-hydrogen) atoms. The van der Waals surface area contributed by atoms with Gasteiger partial charge in [0.1, 0.15) is 35.6 Å². The SMILES string of the molecule is COc1ccc(CN2C(=O)COc3ccc(N4C(=O)O[C@@H]5C[C@@H](NCCn6c(=O)ccc7ccc(OCCNC(=O)OC(C)(C)C)cc76)CC[C@@H]54)nc32)cc1. The highest BCUT2D eigenvalue weighted by Gasteiger charge is 2.47. The number of pyridine rings is 2. The topological polar surface area (TPSA) is 163 Å². The molecule has 2 aliphatic heterocycles. The first kappa shape index (κ1) is 37.5. The zero-order chi connectivity index (χ0) is 38.7. The molecule has 2 aromatic heterocycles. The Balaban J connectivity index is 0.957. The Labute approximate surface area is 318 Å². The number of benzene rings is 2. The van der Waals surface area contributed by atoms with E-state index >= 15 is 0 Å². The summed E-state index contributed by atoms with van der Waals surface area (Å²) in [5.41, 5.74) is 0.916. The normalized spacial score (nSPS) is 19.3. The largest absolute Gasteiger partial charge is 0.497 e. The Morgan fingerprint density at radius 1 is 0.964 bits per heavy atom. The molecule has 2 aromatic carbocycles. The predicted molar refractivity (Wildman–Crippen MR) is 204 cm³/mol. The first-order valence-electron chi connectivity index (χ1n) is 18.5. The Kier molecular flexibility index (Phi) is 10.8. The molecular formula is C40H46N6O9. The van der Waals surface area contributed by atoms with Gasteiger partial charge in [0.15, 0.2) is 18.2 Å². The van der Waals surface area contributed by atoms with Gasteiger partial charge in [-0.25, -0.2) is 14.6 Å². The molecule has 1 saturated heterocycles. The predicted octanol–water partition coefficient (Wildman–Crippen LogP) is 4.77. The number of anilines is 2. The summed E-state index contributed by atoms with van der Waals surface area (Å²) >= 11 is 0. The molecule has 15 heteroatoms. The molecular weight excluding hydrogens is 708 g/mol. The molecule has 4 aromatic rings. The molecule has 3 atom stereocenters. The number of amides is 3. The van der Waals surface area contributed by atoms with Crippen molar-refractivity contribution in [2.45, 2.75) is 76.9 Å². The van der Waals surface area contributed by atoms with E-state index in [9.17, 15) is 19.2 Å². The van der Waals surface area contributed by atoms with Crippen LogP contribution in [0.3, 0.4) is 0 Å². The molecule has 2 fully saturated rings. The molecule has 2 N–H and O–H groups in total. The van der Waals surface area contributed by atoms with Crippen molar-refractivity contribution in [3.8, 4) is 17.2 Å². The Morgan fingerprint density at radius 3 is 2.53 bits per heavy atom. The van der Waals surface area contributed by atoms with E-state index in [1.54, 1.807) is 66.5 Å². The molecule has 7 rings (SSSR count). The van der Waals surface area contributed by atoms with Crippen LogP contribution in [0.5, 0.6) is 17.2 Å². The maximum Gasteiger partial charge on any atom is 0.416 e. The highest BCUT2D eigenvalue weighted by molar-refractivity contribution is 5.97. The number of fused-ring (bicyclic) bond motifs is 3. The number of aromatic nitrogens is 2. The summed E-state index contributed by atoms with van der Waals surface area (Å²) < 4.78 is 29.7. The minimum absolute atomic E-state index is 0.0681. The summed E-state index contributed by atoms with van der Waals surface area (Å²) in [6.45, 7) is 7.02. The van der Waals surface area contributed by atoms with Crippen molar-refractivity contribution in [3.05, 3.63) is 82.6 Å². The van der Waals surface area contributed by atoms with Crippen LogP contribution in [0.2, 0.25) is 0 Å². The standard InChI is InChI=1S/C40H46N6O9/c1-40(2,3)55-38(49)42-18-20-52-29-12-7-26-8-16-35(47)44(31(26)22-29)19-17-41-27-9-13-30-33(21-27)54-39(50)46(30)34-15-14-32-37(43-34)45(36(48)24-53-32)23-25-5-10-28(51-4)11-6-25/h5-8,10-12,14-16,22,27,30,33,41H,9,13,17-21,23-24H2,1-4H3,(H,42,49)/t27-,30-,33+/m0/s1. The molecule has 0 unspecified atom stereocenters. The third-order valence-electron chi connectivity index (χ3n) is 9.79. The number of hydrogen-bond acceptors (Lipinski definition) is 11. The van der Waals surface area contributed by atoms with Gasteiger partial charge in [0, 0.05) is 37.7 Å². The fraction of sp³-hybridized carbons (Fsp3) is 0.425. The van der Waals surface area contributed by atoms with Crippen molar-refractivity contribution < 1.29 is 38.1 Å². The van der Waals surface area contributed by atoms with Gasteiger partial charge in [0.25, 0.3) is 11.5 Å². The molecule has 15 nitrogen and oxygen atoms in total. The van der Waals surface area contributed by atoms with E-state index in [1.807, 2.05) is 42.5 Å². The maximum atomic E-state index is 13.3. The van der Waals surface area contributed by atoms with E-state index in [1.165, 1.54) is 0 Å². The van der Waals surface area contributed by atoms with Crippen LogP contribution in [0, 0.1) is 0 Å². The molecule has 0 bridgehead atoms. The lowest BCUT2D eigenvalue weighted by Crippen LogP contribution is -2.47. The van der Waals surface area contributed by atoms with Crippen molar-refractivity contribution >= 4 is 40.6 Å². The van der Waals surface area contributed by atoms with E-state index in [0.717, 1.165) is 28.6 Å². The van der Waals surface area contributed by atoms with Gasteiger partial charge in [-0.15, -0.1) is 0 Å². The molecule has 0 radical (unpaired) electrons. The summed E-state index contributed by atoms with van der Waals surface area (Å²) in [7, 11) is 1.60. The molecule has 3 aliphatic rings. The second kappa shape index (κ2) is 15.9. The number of methoxy groups -OCH3 is 1. The quantitative estimate of drug-likeness (QED) is 0.192. The average Bonchev–Trinajstić information content (AvgIpc) is 3.49. The number of rotatable bonds is 12. The fourth-order valence-electron chi connectivity index (χ4n) is 7.19. The van der Waals surface area contributed by atoms with Crippen molar-refractivity contribution in [1.82, 2.24) is 20.2 Å². The second-order valence-corrected chi connectivity index (χ2v) is 14.8. The van der Waals surface area contributed by atoms with Crippen LogP contribution in [0.1, 0.15) is 45.6 Å². The Hall–Kier alpha value is -5.83. The lowest BCUT2D eigenvalue weighted by molar-refractivity contribution is -0.121. The summed E-state index contributed by atoms with van der Waals surface area (Å²) in [5, 5.41) is 7.14. The Morgan fingerprint density at radius 2 is 1.75 bits per heavy atom. The van der Waals surface area contributed by atoms with Crippen LogP contribution in [0.15, 0.2) is 71.5 Å². The van der Waals surface area contributed by atoms with Crippen molar-refractivity contribution in [2.24, 2.45) is 0 Å². The lowest BCUT2D eigenvalue weighted by atomic mass is 9.88. The van der Waals surface area contributed by atoms with Crippen LogP contribution < -0.4 is 40.2 Å². The van der Waals surface area contributed by atoms with Gasteiger partial charge < -0.3 is 38.9 Å². The van der Waals surface area contributed by atoms with E-state index in [2.05, 4.69) is 10.6 Å². The third kappa shape index (κ3) is 8.62. The molecule has 3 amide bonds. The van der Waals surface area contributed by atoms with E-state index in [-0.39, 0.29) is 56.0 Å². The molecule has 1 saturated carbocycles. The second-order valence-electron chi connectivity index (χ2n) is 14.8. The summed E-state index contributed by atoms with van der Waals surface area (Å²) in [4.78, 5) is 59.2. The number of hydrogen-bond donors (Lipinski definition) is 2. The zero-order valence-corrected chi connectivity index (χ0v) is 31.4. The molecule has 290 valence electrons. The van der Waals surface area contributed by atoms with Crippen LogP contribution in [-0.4, -0.2) is 84.8 Å². The number of carbonyl (C=O) groups is 3. The first-order valence-corrected chi connectivity index (χ1v) is 18.5. The van der Waals surface area contributed by atoms with Gasteiger partial charge in [0.2, 0.25) is 0 Å². The van der Waals surface area contributed by atoms with Gasteiger partial charge in [0.05, 0.1) is 31.8 Å². The van der Waals surface area contributed by atoms with Crippen molar-refractivity contribution in [1.29, 1.82) is 0 Å². The van der Waals surface area contributed by atoms with Crippen LogP contribution >= 0.6 is 0 Å². The van der Waals surface area contributed by atoms with Gasteiger partial charge in [-0.2, -0.15) is 0 Å². The minimum atomic E-state index is -0.587. The number of nitrogens with zero attached hydrogens (tertiary/aromatic N) is 4.